The van der Waals surface area contributed by atoms with Crippen LogP contribution in [0.1, 0.15) is 53.1 Å². The summed E-state index contributed by atoms with van der Waals surface area (Å²) in [5.41, 5.74) is 2.79. The molecule has 148 valence electrons. The number of carbonyl (C=O) groups is 1. The molecule has 28 heavy (non-hydrogen) atoms. The molecule has 1 amide bonds. The zero-order valence-electron chi connectivity index (χ0n) is 16.7. The normalized spacial score (nSPS) is 18.0. The van der Waals surface area contributed by atoms with Crippen LogP contribution in [0.5, 0.6) is 5.75 Å². The predicted molar refractivity (Wildman–Crippen MR) is 108 cm³/mol. The van der Waals surface area contributed by atoms with Crippen molar-refractivity contribution < 1.29 is 9.53 Å². The van der Waals surface area contributed by atoms with Crippen LogP contribution in [0.4, 0.5) is 0 Å². The molecule has 1 aromatic carbocycles. The van der Waals surface area contributed by atoms with Crippen LogP contribution in [0, 0.1) is 0 Å². The molecule has 1 saturated heterocycles. The van der Waals surface area contributed by atoms with Crippen LogP contribution in [-0.4, -0.2) is 59.0 Å². The zero-order chi connectivity index (χ0) is 19.5. The third kappa shape index (κ3) is 3.87. The highest BCUT2D eigenvalue weighted by molar-refractivity contribution is 5.97. The number of nitrogens with zero attached hydrogens (tertiary/aromatic N) is 4. The van der Waals surface area contributed by atoms with E-state index in [2.05, 4.69) is 16.9 Å². The molecule has 6 heteroatoms. The number of likely N-dealkylation sites (tertiary alicyclic amines) is 1. The largest absolute Gasteiger partial charge is 0.493 e. The summed E-state index contributed by atoms with van der Waals surface area (Å²) in [6.07, 6.45) is 4.95. The number of fused-ring (bicyclic) bond motifs is 1. The lowest BCUT2D eigenvalue weighted by Crippen LogP contribution is -2.37. The van der Waals surface area contributed by atoms with E-state index in [0.29, 0.717) is 36.9 Å². The molecule has 0 atom stereocenters. The molecule has 4 rings (SSSR count). The highest BCUT2D eigenvalue weighted by atomic mass is 16.5. The number of para-hydroxylation sites is 1. The molecule has 0 saturated carbocycles. The van der Waals surface area contributed by atoms with Gasteiger partial charge in [0.1, 0.15) is 11.6 Å². The van der Waals surface area contributed by atoms with Gasteiger partial charge >= 0.3 is 0 Å². The van der Waals surface area contributed by atoms with Gasteiger partial charge in [0.2, 0.25) is 0 Å². The van der Waals surface area contributed by atoms with E-state index < -0.39 is 0 Å². The first-order valence-corrected chi connectivity index (χ1v) is 10.2. The summed E-state index contributed by atoms with van der Waals surface area (Å²) < 4.78 is 5.63. The number of piperidine rings is 1. The monoisotopic (exact) mass is 380 g/mol. The maximum absolute atomic E-state index is 13.1. The standard InChI is InChI=1S/C22H28N4O2/c1-3-28-20-7-5-4-6-18(20)22(27)26-13-10-19-17(15-26)14-23-21(24-19)16-8-11-25(2)12-9-16/h4-7,14,16H,3,8-13,15H2,1-2H3. The number of rotatable bonds is 4. The van der Waals surface area contributed by atoms with Crippen LogP contribution >= 0.6 is 0 Å². The molecule has 2 aliphatic rings. The van der Waals surface area contributed by atoms with Crippen molar-refractivity contribution in [3.63, 3.8) is 0 Å². The van der Waals surface area contributed by atoms with Crippen molar-refractivity contribution in [3.8, 4) is 5.75 Å². The van der Waals surface area contributed by atoms with E-state index in [4.69, 9.17) is 9.72 Å². The minimum Gasteiger partial charge on any atom is -0.493 e. The number of carbonyl (C=O) groups excluding carboxylic acids is 1. The molecule has 0 radical (unpaired) electrons. The highest BCUT2D eigenvalue weighted by Gasteiger charge is 2.27. The topological polar surface area (TPSA) is 58.6 Å². The van der Waals surface area contributed by atoms with Crippen LogP contribution in [0.3, 0.4) is 0 Å². The van der Waals surface area contributed by atoms with Gasteiger partial charge in [0.05, 0.1) is 17.9 Å². The van der Waals surface area contributed by atoms with Crippen LogP contribution in [0.2, 0.25) is 0 Å². The summed E-state index contributed by atoms with van der Waals surface area (Å²) in [4.78, 5) is 26.8. The predicted octanol–water partition coefficient (Wildman–Crippen LogP) is 2.88. The Labute approximate surface area is 166 Å². The van der Waals surface area contributed by atoms with Crippen molar-refractivity contribution in [1.29, 1.82) is 0 Å². The van der Waals surface area contributed by atoms with Gasteiger partial charge < -0.3 is 14.5 Å². The van der Waals surface area contributed by atoms with Gasteiger partial charge in [-0.1, -0.05) is 12.1 Å². The first-order chi connectivity index (χ1) is 13.7. The maximum Gasteiger partial charge on any atom is 0.257 e. The van der Waals surface area contributed by atoms with Gasteiger partial charge in [0.25, 0.3) is 5.91 Å². The summed E-state index contributed by atoms with van der Waals surface area (Å²) in [6.45, 7) is 5.91. The Balaban J connectivity index is 1.49. The molecule has 0 aliphatic carbocycles. The first kappa shape index (κ1) is 18.9. The second-order valence-electron chi connectivity index (χ2n) is 7.68. The fraction of sp³-hybridized carbons (Fsp3) is 0.500. The third-order valence-electron chi connectivity index (χ3n) is 5.74. The number of amides is 1. The summed E-state index contributed by atoms with van der Waals surface area (Å²) >= 11 is 0. The number of benzene rings is 1. The lowest BCUT2D eigenvalue weighted by Gasteiger charge is -2.31. The molecule has 0 bridgehead atoms. The Morgan fingerprint density at radius 1 is 1.21 bits per heavy atom. The van der Waals surface area contributed by atoms with Crippen molar-refractivity contribution in [3.05, 3.63) is 53.1 Å². The van der Waals surface area contributed by atoms with Crippen LogP contribution < -0.4 is 4.74 Å². The van der Waals surface area contributed by atoms with E-state index in [9.17, 15) is 4.79 Å². The average molecular weight is 380 g/mol. The van der Waals surface area contributed by atoms with Crippen molar-refractivity contribution in [2.75, 3.05) is 33.3 Å². The van der Waals surface area contributed by atoms with Crippen LogP contribution in [0.15, 0.2) is 30.5 Å². The molecular weight excluding hydrogens is 352 g/mol. The summed E-state index contributed by atoms with van der Waals surface area (Å²) in [5, 5.41) is 0. The second kappa shape index (κ2) is 8.27. The SMILES string of the molecule is CCOc1ccccc1C(=O)N1CCc2nc(C3CCN(C)CC3)ncc2C1. The van der Waals surface area contributed by atoms with Gasteiger partial charge in [0, 0.05) is 37.2 Å². The summed E-state index contributed by atoms with van der Waals surface area (Å²) in [6, 6.07) is 7.46. The van der Waals surface area contributed by atoms with Crippen molar-refractivity contribution >= 4 is 5.91 Å². The third-order valence-corrected chi connectivity index (χ3v) is 5.74. The van der Waals surface area contributed by atoms with Gasteiger partial charge in [0.15, 0.2) is 0 Å². The quantitative estimate of drug-likeness (QED) is 0.816. The Morgan fingerprint density at radius 2 is 2.00 bits per heavy atom. The lowest BCUT2D eigenvalue weighted by atomic mass is 9.95. The Kier molecular flexibility index (Phi) is 5.57. The van der Waals surface area contributed by atoms with Gasteiger partial charge in [-0.25, -0.2) is 9.97 Å². The molecule has 3 heterocycles. The zero-order valence-corrected chi connectivity index (χ0v) is 16.7. The molecule has 2 aromatic rings. The second-order valence-corrected chi connectivity index (χ2v) is 7.68. The number of hydrogen-bond acceptors (Lipinski definition) is 5. The summed E-state index contributed by atoms with van der Waals surface area (Å²) in [5.74, 6) is 2.09. The van der Waals surface area contributed by atoms with E-state index in [1.807, 2.05) is 42.3 Å². The van der Waals surface area contributed by atoms with Crippen molar-refractivity contribution in [1.82, 2.24) is 19.8 Å². The smallest absolute Gasteiger partial charge is 0.257 e. The van der Waals surface area contributed by atoms with Crippen molar-refractivity contribution in [2.24, 2.45) is 0 Å². The minimum atomic E-state index is 0.00842. The molecule has 1 fully saturated rings. The van der Waals surface area contributed by atoms with E-state index in [0.717, 1.165) is 49.4 Å². The molecule has 0 unspecified atom stereocenters. The van der Waals surface area contributed by atoms with E-state index in [-0.39, 0.29) is 5.91 Å². The van der Waals surface area contributed by atoms with Gasteiger partial charge in [-0.15, -0.1) is 0 Å². The average Bonchev–Trinajstić information content (AvgIpc) is 2.74. The fourth-order valence-electron chi connectivity index (χ4n) is 4.06. The molecule has 2 aliphatic heterocycles. The molecule has 0 N–H and O–H groups in total. The number of hydrogen-bond donors (Lipinski definition) is 0. The Hall–Kier alpha value is -2.47. The molecule has 6 nitrogen and oxygen atoms in total. The summed E-state index contributed by atoms with van der Waals surface area (Å²) in [7, 11) is 2.17. The van der Waals surface area contributed by atoms with Crippen LogP contribution in [-0.2, 0) is 13.0 Å². The molecule has 1 aromatic heterocycles. The Bertz CT molecular complexity index is 846. The number of ether oxygens (including phenoxy) is 1. The van der Waals surface area contributed by atoms with Crippen LogP contribution in [0.25, 0.3) is 0 Å². The highest BCUT2D eigenvalue weighted by Crippen LogP contribution is 2.28. The fourth-order valence-corrected chi connectivity index (χ4v) is 4.06. The van der Waals surface area contributed by atoms with E-state index in [1.165, 1.54) is 0 Å². The van der Waals surface area contributed by atoms with Gasteiger partial charge in [-0.2, -0.15) is 0 Å². The van der Waals surface area contributed by atoms with Gasteiger partial charge in [-0.05, 0) is 52.0 Å². The first-order valence-electron chi connectivity index (χ1n) is 10.2. The number of aromatic nitrogens is 2. The molecule has 0 spiro atoms. The van der Waals surface area contributed by atoms with E-state index in [1.54, 1.807) is 0 Å². The van der Waals surface area contributed by atoms with E-state index >= 15 is 0 Å². The molecular formula is C22H28N4O2. The Morgan fingerprint density at radius 3 is 2.79 bits per heavy atom. The van der Waals surface area contributed by atoms with Gasteiger partial charge in [-0.3, -0.25) is 4.79 Å². The maximum atomic E-state index is 13.1. The lowest BCUT2D eigenvalue weighted by molar-refractivity contribution is 0.0729. The van der Waals surface area contributed by atoms with Crippen molar-refractivity contribution in [2.45, 2.75) is 38.6 Å². The minimum absolute atomic E-state index is 0.00842.